The maximum atomic E-state index is 6.09. The van der Waals surface area contributed by atoms with Gasteiger partial charge < -0.3 is 11.5 Å². The van der Waals surface area contributed by atoms with Gasteiger partial charge in [-0.3, -0.25) is 0 Å². The van der Waals surface area contributed by atoms with Gasteiger partial charge in [-0.1, -0.05) is 35.9 Å². The smallest absolute Gasteiger partial charge is 0.104 e. The van der Waals surface area contributed by atoms with Crippen LogP contribution in [0.5, 0.6) is 0 Å². The summed E-state index contributed by atoms with van der Waals surface area (Å²) in [5, 5.41) is 10.9. The molecular formula is C16H13ClN4. The van der Waals surface area contributed by atoms with E-state index in [1.807, 2.05) is 36.4 Å². The maximum Gasteiger partial charge on any atom is 0.104 e. The zero-order valence-corrected chi connectivity index (χ0v) is 11.9. The summed E-state index contributed by atoms with van der Waals surface area (Å²) >= 11 is 6.09. The second kappa shape index (κ2) is 5.42. The predicted octanol–water partition coefficient (Wildman–Crippen LogP) is 5.07. The average molecular weight is 297 g/mol. The van der Waals surface area contributed by atoms with Crippen molar-refractivity contribution < 1.29 is 0 Å². The van der Waals surface area contributed by atoms with Gasteiger partial charge in [0, 0.05) is 22.1 Å². The zero-order valence-electron chi connectivity index (χ0n) is 11.1. The van der Waals surface area contributed by atoms with Crippen molar-refractivity contribution in [3.05, 3.63) is 59.6 Å². The molecule has 4 N–H and O–H groups in total. The zero-order chi connectivity index (χ0) is 14.8. The summed E-state index contributed by atoms with van der Waals surface area (Å²) in [7, 11) is 0. The Morgan fingerprint density at radius 3 is 2.19 bits per heavy atom. The second-order valence-corrected chi connectivity index (χ2v) is 5.04. The number of anilines is 2. The number of rotatable bonds is 2. The standard InChI is InChI=1S/C16H13ClN4/c17-13-9-10(18)5-7-16(13)21-20-15-8-6-14(19)11-3-1-2-4-12(11)15/h1-9H,18-19H2. The van der Waals surface area contributed by atoms with Crippen LogP contribution in [0, 0.1) is 0 Å². The Morgan fingerprint density at radius 2 is 1.43 bits per heavy atom. The molecule has 3 rings (SSSR count). The molecule has 0 atom stereocenters. The van der Waals surface area contributed by atoms with E-state index in [-0.39, 0.29) is 0 Å². The number of nitrogens with two attached hydrogens (primary N) is 2. The number of nitrogen functional groups attached to an aromatic ring is 2. The highest BCUT2D eigenvalue weighted by Crippen LogP contribution is 2.33. The minimum Gasteiger partial charge on any atom is -0.399 e. The molecule has 0 bridgehead atoms. The monoisotopic (exact) mass is 296 g/mol. The molecule has 0 spiro atoms. The lowest BCUT2D eigenvalue weighted by Crippen LogP contribution is -1.86. The van der Waals surface area contributed by atoms with E-state index in [4.69, 9.17) is 23.1 Å². The number of fused-ring (bicyclic) bond motifs is 1. The summed E-state index contributed by atoms with van der Waals surface area (Å²) in [5.74, 6) is 0. The van der Waals surface area contributed by atoms with Gasteiger partial charge in [-0.25, -0.2) is 0 Å². The van der Waals surface area contributed by atoms with Crippen LogP contribution in [-0.4, -0.2) is 0 Å². The van der Waals surface area contributed by atoms with Crippen molar-refractivity contribution in [3.63, 3.8) is 0 Å². The van der Waals surface area contributed by atoms with Gasteiger partial charge in [-0.15, -0.1) is 10.2 Å². The molecule has 21 heavy (non-hydrogen) atoms. The summed E-state index contributed by atoms with van der Waals surface area (Å²) in [4.78, 5) is 0. The Kier molecular flexibility index (Phi) is 3.46. The molecule has 0 unspecified atom stereocenters. The van der Waals surface area contributed by atoms with E-state index in [1.165, 1.54) is 0 Å². The third-order valence-corrected chi connectivity index (χ3v) is 3.47. The van der Waals surface area contributed by atoms with Crippen LogP contribution >= 0.6 is 11.6 Å². The topological polar surface area (TPSA) is 76.8 Å². The third-order valence-electron chi connectivity index (χ3n) is 3.17. The Morgan fingerprint density at radius 1 is 0.762 bits per heavy atom. The number of azo groups is 1. The molecule has 0 saturated carbocycles. The van der Waals surface area contributed by atoms with Crippen molar-refractivity contribution in [3.8, 4) is 0 Å². The van der Waals surface area contributed by atoms with Crippen LogP contribution in [0.3, 0.4) is 0 Å². The van der Waals surface area contributed by atoms with Gasteiger partial charge in [-0.05, 0) is 30.3 Å². The molecule has 3 aromatic rings. The van der Waals surface area contributed by atoms with Crippen LogP contribution < -0.4 is 11.5 Å². The molecule has 0 amide bonds. The fourth-order valence-corrected chi connectivity index (χ4v) is 2.33. The van der Waals surface area contributed by atoms with E-state index < -0.39 is 0 Å². The van der Waals surface area contributed by atoms with Crippen LogP contribution in [0.4, 0.5) is 22.7 Å². The molecular weight excluding hydrogens is 284 g/mol. The first kappa shape index (κ1) is 13.4. The van der Waals surface area contributed by atoms with Gasteiger partial charge in [0.1, 0.15) is 5.69 Å². The van der Waals surface area contributed by atoms with E-state index >= 15 is 0 Å². The van der Waals surface area contributed by atoms with Crippen molar-refractivity contribution in [2.45, 2.75) is 0 Å². The van der Waals surface area contributed by atoms with Crippen molar-refractivity contribution in [1.29, 1.82) is 0 Å². The highest BCUT2D eigenvalue weighted by Gasteiger charge is 2.04. The average Bonchev–Trinajstić information content (AvgIpc) is 2.48. The van der Waals surface area contributed by atoms with Gasteiger partial charge in [0.25, 0.3) is 0 Å². The van der Waals surface area contributed by atoms with Gasteiger partial charge in [0.15, 0.2) is 0 Å². The molecule has 0 heterocycles. The van der Waals surface area contributed by atoms with E-state index in [1.54, 1.807) is 18.2 Å². The number of nitrogens with zero attached hydrogens (tertiary/aromatic N) is 2. The number of halogens is 1. The summed E-state index contributed by atoms with van der Waals surface area (Å²) < 4.78 is 0. The van der Waals surface area contributed by atoms with Crippen LogP contribution in [0.25, 0.3) is 10.8 Å². The molecule has 5 heteroatoms. The Labute approximate surface area is 127 Å². The summed E-state index contributed by atoms with van der Waals surface area (Å²) in [6.45, 7) is 0. The van der Waals surface area contributed by atoms with Crippen molar-refractivity contribution in [2.75, 3.05) is 11.5 Å². The number of benzene rings is 3. The Hall–Kier alpha value is -2.59. The molecule has 0 radical (unpaired) electrons. The first-order chi connectivity index (χ1) is 10.1. The fraction of sp³-hybridized carbons (Fsp3) is 0. The minimum absolute atomic E-state index is 0.471. The quantitative estimate of drug-likeness (QED) is 0.511. The maximum absolute atomic E-state index is 6.09. The molecule has 0 aromatic heterocycles. The molecule has 0 fully saturated rings. The minimum atomic E-state index is 0.471. The van der Waals surface area contributed by atoms with Gasteiger partial charge in [0.05, 0.1) is 10.7 Å². The van der Waals surface area contributed by atoms with Crippen LogP contribution in [0.15, 0.2) is 64.8 Å². The van der Waals surface area contributed by atoms with E-state index in [9.17, 15) is 0 Å². The first-order valence-electron chi connectivity index (χ1n) is 6.39. The SMILES string of the molecule is Nc1ccc(N=Nc2ccc(N)c3ccccc23)c(Cl)c1. The summed E-state index contributed by atoms with van der Waals surface area (Å²) in [6, 6.07) is 16.6. The van der Waals surface area contributed by atoms with Crippen LogP contribution in [0.1, 0.15) is 0 Å². The molecule has 0 aliphatic rings. The largest absolute Gasteiger partial charge is 0.399 e. The van der Waals surface area contributed by atoms with Crippen molar-refractivity contribution in [1.82, 2.24) is 0 Å². The van der Waals surface area contributed by atoms with Crippen LogP contribution in [0.2, 0.25) is 5.02 Å². The van der Waals surface area contributed by atoms with Crippen molar-refractivity contribution >= 4 is 45.1 Å². The van der Waals surface area contributed by atoms with Crippen molar-refractivity contribution in [2.24, 2.45) is 10.2 Å². The lowest BCUT2D eigenvalue weighted by atomic mass is 10.1. The number of hydrogen-bond acceptors (Lipinski definition) is 4. The van der Waals surface area contributed by atoms with Crippen LogP contribution in [-0.2, 0) is 0 Å². The normalized spacial score (nSPS) is 11.3. The molecule has 0 aliphatic carbocycles. The number of hydrogen-bond donors (Lipinski definition) is 2. The molecule has 104 valence electrons. The predicted molar refractivity (Wildman–Crippen MR) is 88.4 cm³/mol. The van der Waals surface area contributed by atoms with E-state index in [0.29, 0.717) is 16.4 Å². The highest BCUT2D eigenvalue weighted by atomic mass is 35.5. The Balaban J connectivity index is 2.06. The first-order valence-corrected chi connectivity index (χ1v) is 6.77. The summed E-state index contributed by atoms with van der Waals surface area (Å²) in [6.07, 6.45) is 0. The molecule has 4 nitrogen and oxygen atoms in total. The fourth-order valence-electron chi connectivity index (χ4n) is 2.11. The molecule has 0 saturated heterocycles. The second-order valence-electron chi connectivity index (χ2n) is 4.63. The van der Waals surface area contributed by atoms with Gasteiger partial charge in [0.2, 0.25) is 0 Å². The van der Waals surface area contributed by atoms with E-state index in [2.05, 4.69) is 10.2 Å². The molecule has 0 aliphatic heterocycles. The molecule has 3 aromatic carbocycles. The summed E-state index contributed by atoms with van der Waals surface area (Å²) in [5.41, 5.74) is 14.3. The van der Waals surface area contributed by atoms with Gasteiger partial charge in [-0.2, -0.15) is 0 Å². The third kappa shape index (κ3) is 2.66. The Bertz CT molecular complexity index is 843. The lowest BCUT2D eigenvalue weighted by Gasteiger charge is -2.04. The lowest BCUT2D eigenvalue weighted by molar-refractivity contribution is 1.24. The van der Waals surface area contributed by atoms with E-state index in [0.717, 1.165) is 22.1 Å². The highest BCUT2D eigenvalue weighted by molar-refractivity contribution is 6.33. The van der Waals surface area contributed by atoms with Gasteiger partial charge >= 0.3 is 0 Å².